The van der Waals surface area contributed by atoms with Gasteiger partial charge in [-0.3, -0.25) is 10.1 Å². The van der Waals surface area contributed by atoms with Crippen molar-refractivity contribution < 1.29 is 15.1 Å². The molecule has 0 radical (unpaired) electrons. The fraction of sp³-hybridized carbons (Fsp3) is 0.0625. The number of phenolic OH excluding ortho intramolecular Hbond substituents is 2. The highest BCUT2D eigenvalue weighted by atomic mass is 32.2. The van der Waals surface area contributed by atoms with E-state index in [2.05, 4.69) is 15.3 Å². The van der Waals surface area contributed by atoms with Gasteiger partial charge in [0, 0.05) is 23.4 Å². The Kier molecular flexibility index (Phi) is 5.13. The number of thioether (sulfide) groups is 1. The molecule has 0 bridgehead atoms. The van der Waals surface area contributed by atoms with Gasteiger partial charge < -0.3 is 10.2 Å². The van der Waals surface area contributed by atoms with Crippen LogP contribution in [0.4, 0.5) is 5.69 Å². The van der Waals surface area contributed by atoms with Crippen molar-refractivity contribution in [2.24, 2.45) is 5.10 Å². The molecule has 2 aromatic carbocycles. The molecule has 0 amide bonds. The quantitative estimate of drug-likeness (QED) is 0.295. The molecule has 1 aromatic heterocycles. The van der Waals surface area contributed by atoms with Crippen LogP contribution in [0.2, 0.25) is 0 Å². The normalized spacial score (nSPS) is 11.1. The standard InChI is InChI=1S/C16H13N5O4S/c22-14-7-15(23)13(21(24)25)6-12(14)8-18-20-10-17-19-16(20)26-9-11-4-2-1-3-5-11/h1-8,10,22-23H,9H2/b18-8+. The Morgan fingerprint density at radius 3 is 2.73 bits per heavy atom. The average Bonchev–Trinajstić information content (AvgIpc) is 3.07. The maximum atomic E-state index is 10.9. The number of hydrogen-bond acceptors (Lipinski definition) is 8. The monoisotopic (exact) mass is 371 g/mol. The lowest BCUT2D eigenvalue weighted by Crippen LogP contribution is -1.95. The Morgan fingerprint density at radius 2 is 2.00 bits per heavy atom. The number of aromatic nitrogens is 3. The molecular weight excluding hydrogens is 358 g/mol. The van der Waals surface area contributed by atoms with Crippen LogP contribution in [0.25, 0.3) is 0 Å². The topological polar surface area (TPSA) is 127 Å². The zero-order valence-electron chi connectivity index (χ0n) is 13.3. The summed E-state index contributed by atoms with van der Waals surface area (Å²) in [6.07, 6.45) is 2.62. The molecule has 0 saturated carbocycles. The zero-order valence-corrected chi connectivity index (χ0v) is 14.1. The number of nitro groups is 1. The van der Waals surface area contributed by atoms with Crippen LogP contribution in [0.3, 0.4) is 0 Å². The molecule has 26 heavy (non-hydrogen) atoms. The predicted octanol–water partition coefficient (Wildman–Crippen LogP) is 2.77. The third kappa shape index (κ3) is 3.98. The number of benzene rings is 2. The molecule has 0 unspecified atom stereocenters. The second-order valence-electron chi connectivity index (χ2n) is 5.13. The highest BCUT2D eigenvalue weighted by Crippen LogP contribution is 2.32. The number of nitrogens with zero attached hydrogens (tertiary/aromatic N) is 5. The summed E-state index contributed by atoms with van der Waals surface area (Å²) in [5.41, 5.74) is 0.678. The molecule has 1 heterocycles. The number of phenols is 2. The van der Waals surface area contributed by atoms with Crippen LogP contribution in [0.5, 0.6) is 11.5 Å². The Hall–Kier alpha value is -3.40. The molecular formula is C16H13N5O4S. The maximum absolute atomic E-state index is 10.9. The smallest absolute Gasteiger partial charge is 0.311 e. The summed E-state index contributed by atoms with van der Waals surface area (Å²) in [4.78, 5) is 10.1. The van der Waals surface area contributed by atoms with Crippen LogP contribution in [0, 0.1) is 10.1 Å². The van der Waals surface area contributed by atoms with Crippen LogP contribution < -0.4 is 0 Å². The van der Waals surface area contributed by atoms with Gasteiger partial charge in [-0.25, -0.2) is 0 Å². The first-order valence-corrected chi connectivity index (χ1v) is 8.34. The van der Waals surface area contributed by atoms with Gasteiger partial charge >= 0.3 is 5.69 Å². The molecule has 2 N–H and O–H groups in total. The first-order chi connectivity index (χ1) is 12.5. The summed E-state index contributed by atoms with van der Waals surface area (Å²) in [6, 6.07) is 11.7. The van der Waals surface area contributed by atoms with Crippen molar-refractivity contribution in [3.63, 3.8) is 0 Å². The van der Waals surface area contributed by atoms with Gasteiger partial charge in [-0.2, -0.15) is 9.78 Å². The van der Waals surface area contributed by atoms with Crippen molar-refractivity contribution in [2.45, 2.75) is 10.9 Å². The van der Waals surface area contributed by atoms with E-state index in [0.717, 1.165) is 17.7 Å². The van der Waals surface area contributed by atoms with Crippen molar-refractivity contribution in [1.82, 2.24) is 14.9 Å². The minimum atomic E-state index is -0.744. The predicted molar refractivity (Wildman–Crippen MR) is 95.4 cm³/mol. The van der Waals surface area contributed by atoms with Crippen molar-refractivity contribution in [2.75, 3.05) is 0 Å². The molecule has 0 atom stereocenters. The van der Waals surface area contributed by atoms with Crippen molar-refractivity contribution in [3.8, 4) is 11.5 Å². The van der Waals surface area contributed by atoms with Gasteiger partial charge in [0.05, 0.1) is 11.1 Å². The van der Waals surface area contributed by atoms with Gasteiger partial charge in [0.1, 0.15) is 12.1 Å². The van der Waals surface area contributed by atoms with E-state index in [1.54, 1.807) is 0 Å². The van der Waals surface area contributed by atoms with E-state index in [9.17, 15) is 20.3 Å². The van der Waals surface area contributed by atoms with Crippen molar-refractivity contribution in [3.05, 3.63) is 70.0 Å². The lowest BCUT2D eigenvalue weighted by Gasteiger charge is -2.03. The van der Waals surface area contributed by atoms with Gasteiger partial charge in [0.15, 0.2) is 5.75 Å². The van der Waals surface area contributed by atoms with Gasteiger partial charge in [0.2, 0.25) is 5.16 Å². The Labute approximate surface area is 151 Å². The van der Waals surface area contributed by atoms with E-state index in [1.807, 2.05) is 30.3 Å². The summed E-state index contributed by atoms with van der Waals surface area (Å²) in [5.74, 6) is -0.276. The summed E-state index contributed by atoms with van der Waals surface area (Å²) in [6.45, 7) is 0. The van der Waals surface area contributed by atoms with Crippen LogP contribution >= 0.6 is 11.8 Å². The van der Waals surface area contributed by atoms with E-state index in [4.69, 9.17) is 0 Å². The maximum Gasteiger partial charge on any atom is 0.311 e. The minimum absolute atomic E-state index is 0.0854. The van der Waals surface area contributed by atoms with Gasteiger partial charge in [-0.15, -0.1) is 10.2 Å². The number of aromatic hydroxyl groups is 2. The summed E-state index contributed by atoms with van der Waals surface area (Å²) in [5, 5.41) is 42.6. The molecule has 10 heteroatoms. The van der Waals surface area contributed by atoms with Crippen LogP contribution in [-0.2, 0) is 5.75 Å². The third-order valence-corrected chi connectivity index (χ3v) is 4.36. The Bertz CT molecular complexity index is 959. The highest BCUT2D eigenvalue weighted by Gasteiger charge is 2.16. The molecule has 0 aliphatic rings. The molecule has 0 saturated heterocycles. The first kappa shape index (κ1) is 17.4. The summed E-state index contributed by atoms with van der Waals surface area (Å²) >= 11 is 1.42. The molecule has 0 aliphatic carbocycles. The fourth-order valence-corrected chi connectivity index (χ4v) is 2.89. The molecule has 3 rings (SSSR count). The molecule has 0 aliphatic heterocycles. The van der Waals surface area contributed by atoms with Gasteiger partial charge in [0.25, 0.3) is 0 Å². The van der Waals surface area contributed by atoms with E-state index in [0.29, 0.717) is 10.9 Å². The second-order valence-corrected chi connectivity index (χ2v) is 6.08. The lowest BCUT2D eigenvalue weighted by molar-refractivity contribution is -0.385. The van der Waals surface area contributed by atoms with Gasteiger partial charge in [-0.1, -0.05) is 42.1 Å². The lowest BCUT2D eigenvalue weighted by atomic mass is 10.2. The van der Waals surface area contributed by atoms with E-state index < -0.39 is 16.4 Å². The molecule has 0 spiro atoms. The number of nitro benzene ring substituents is 1. The molecule has 0 fully saturated rings. The zero-order chi connectivity index (χ0) is 18.5. The highest BCUT2D eigenvalue weighted by molar-refractivity contribution is 7.98. The summed E-state index contributed by atoms with van der Waals surface area (Å²) in [7, 11) is 0. The molecule has 9 nitrogen and oxygen atoms in total. The first-order valence-electron chi connectivity index (χ1n) is 7.36. The second kappa shape index (κ2) is 7.66. The molecule has 3 aromatic rings. The molecule has 132 valence electrons. The Balaban J connectivity index is 1.79. The summed E-state index contributed by atoms with van der Waals surface area (Å²) < 4.78 is 1.39. The van der Waals surface area contributed by atoms with Crippen molar-refractivity contribution >= 4 is 23.7 Å². The fourth-order valence-electron chi connectivity index (χ4n) is 2.07. The van der Waals surface area contributed by atoms with Crippen LogP contribution in [0.1, 0.15) is 11.1 Å². The third-order valence-electron chi connectivity index (χ3n) is 3.35. The number of hydrogen-bond donors (Lipinski definition) is 2. The Morgan fingerprint density at radius 1 is 1.23 bits per heavy atom. The van der Waals surface area contributed by atoms with Crippen LogP contribution in [0.15, 0.2) is 59.0 Å². The minimum Gasteiger partial charge on any atom is -0.507 e. The van der Waals surface area contributed by atoms with E-state index >= 15 is 0 Å². The van der Waals surface area contributed by atoms with E-state index in [-0.39, 0.29) is 11.3 Å². The van der Waals surface area contributed by atoms with Crippen molar-refractivity contribution in [1.29, 1.82) is 0 Å². The van der Waals surface area contributed by atoms with Gasteiger partial charge in [-0.05, 0) is 5.56 Å². The van der Waals surface area contributed by atoms with E-state index in [1.165, 1.54) is 29.0 Å². The largest absolute Gasteiger partial charge is 0.507 e. The SMILES string of the molecule is O=[N+]([O-])c1cc(/C=N/n2cnnc2SCc2ccccc2)c(O)cc1O. The van der Waals surface area contributed by atoms with Crippen LogP contribution in [-0.4, -0.2) is 36.2 Å². The average molecular weight is 371 g/mol. The number of rotatable bonds is 6.